The first-order valence-electron chi connectivity index (χ1n) is 8.94. The number of carbonyl (C=O) groups excluding carboxylic acids is 1. The zero-order valence-electron chi connectivity index (χ0n) is 15.3. The minimum Gasteiger partial charge on any atom is -0.491 e. The van der Waals surface area contributed by atoms with Gasteiger partial charge in [-0.15, -0.1) is 10.2 Å². The van der Waals surface area contributed by atoms with E-state index < -0.39 is 15.1 Å². The lowest BCUT2D eigenvalue weighted by atomic mass is 9.88. The van der Waals surface area contributed by atoms with Gasteiger partial charge in [0.25, 0.3) is 0 Å². The fourth-order valence-electron chi connectivity index (χ4n) is 3.23. The molecular weight excluding hydrogens is 386 g/mol. The Labute approximate surface area is 163 Å². The number of nitrogens with zero attached hydrogens (tertiary/aromatic N) is 2. The normalized spacial score (nSPS) is 20.4. The number of benzene rings is 1. The maximum atomic E-state index is 12.7. The van der Waals surface area contributed by atoms with Crippen LogP contribution in [0.2, 0.25) is 0 Å². The van der Waals surface area contributed by atoms with Gasteiger partial charge >= 0.3 is 0 Å². The molecule has 7 nitrogen and oxygen atoms in total. The third kappa shape index (κ3) is 4.84. The van der Waals surface area contributed by atoms with Crippen molar-refractivity contribution in [2.45, 2.75) is 55.2 Å². The first-order chi connectivity index (χ1) is 12.9. The predicted octanol–water partition coefficient (Wildman–Crippen LogP) is 3.30. The average molecular weight is 410 g/mol. The number of hydrogen-bond acceptors (Lipinski definition) is 7. The SMILES string of the molecule is CC(C)Oc1ccc(NC(=O)[C@@H]2CCC[C@@H](S(=O)(=O)c3nncs3)C2)cc1. The maximum Gasteiger partial charge on any atom is 0.232 e. The molecule has 2 aromatic rings. The summed E-state index contributed by atoms with van der Waals surface area (Å²) >= 11 is 1.02. The van der Waals surface area contributed by atoms with Crippen molar-refractivity contribution in [3.63, 3.8) is 0 Å². The highest BCUT2D eigenvalue weighted by Crippen LogP contribution is 2.33. The van der Waals surface area contributed by atoms with Crippen molar-refractivity contribution < 1.29 is 17.9 Å². The summed E-state index contributed by atoms with van der Waals surface area (Å²) < 4.78 is 30.9. The molecule has 1 amide bonds. The standard InChI is InChI=1S/C18H23N3O4S2/c1-12(2)25-15-8-6-14(7-9-15)20-17(22)13-4-3-5-16(10-13)27(23,24)18-21-19-11-26-18/h6-9,11-13,16H,3-5,10H2,1-2H3,(H,20,22)/t13-,16-/m1/s1. The van der Waals surface area contributed by atoms with Crippen LogP contribution in [-0.4, -0.2) is 35.9 Å². The van der Waals surface area contributed by atoms with Crippen LogP contribution in [-0.2, 0) is 14.6 Å². The van der Waals surface area contributed by atoms with E-state index in [9.17, 15) is 13.2 Å². The molecule has 1 aromatic heterocycles. The van der Waals surface area contributed by atoms with E-state index in [0.717, 1.165) is 17.1 Å². The van der Waals surface area contributed by atoms with E-state index in [4.69, 9.17) is 4.74 Å². The van der Waals surface area contributed by atoms with Crippen LogP contribution in [0, 0.1) is 5.92 Å². The summed E-state index contributed by atoms with van der Waals surface area (Å²) in [6, 6.07) is 7.18. The molecule has 0 saturated heterocycles. The lowest BCUT2D eigenvalue weighted by Gasteiger charge is -2.27. The molecule has 1 aromatic carbocycles. The summed E-state index contributed by atoms with van der Waals surface area (Å²) in [6.07, 6.45) is 2.32. The first kappa shape index (κ1) is 19.8. The van der Waals surface area contributed by atoms with E-state index in [1.54, 1.807) is 24.3 Å². The van der Waals surface area contributed by atoms with Crippen LogP contribution in [0.25, 0.3) is 0 Å². The van der Waals surface area contributed by atoms with E-state index in [0.29, 0.717) is 31.4 Å². The van der Waals surface area contributed by atoms with Gasteiger partial charge in [-0.25, -0.2) is 8.42 Å². The Hall–Kier alpha value is -2.00. The van der Waals surface area contributed by atoms with Crippen molar-refractivity contribution in [1.82, 2.24) is 10.2 Å². The number of anilines is 1. The number of amides is 1. The summed E-state index contributed by atoms with van der Waals surface area (Å²) in [4.78, 5) is 12.6. The number of ether oxygens (including phenoxy) is 1. The van der Waals surface area contributed by atoms with Gasteiger partial charge in [-0.2, -0.15) is 0 Å². The highest BCUT2D eigenvalue weighted by Gasteiger charge is 2.37. The number of aromatic nitrogens is 2. The summed E-state index contributed by atoms with van der Waals surface area (Å²) in [5, 5.41) is 9.61. The van der Waals surface area contributed by atoms with Crippen molar-refractivity contribution in [2.24, 2.45) is 5.92 Å². The molecule has 27 heavy (non-hydrogen) atoms. The Morgan fingerprint density at radius 1 is 1.26 bits per heavy atom. The monoisotopic (exact) mass is 409 g/mol. The first-order valence-corrected chi connectivity index (χ1v) is 11.4. The molecular formula is C18H23N3O4S2. The third-order valence-corrected chi connectivity index (χ3v) is 7.86. The van der Waals surface area contributed by atoms with Crippen LogP contribution in [0.3, 0.4) is 0 Å². The van der Waals surface area contributed by atoms with E-state index in [1.807, 2.05) is 13.8 Å². The van der Waals surface area contributed by atoms with Gasteiger partial charge in [0.05, 0.1) is 11.4 Å². The number of nitrogens with one attached hydrogen (secondary N) is 1. The molecule has 9 heteroatoms. The molecule has 1 aliphatic rings. The Kier molecular flexibility index (Phi) is 6.11. The maximum absolute atomic E-state index is 12.7. The lowest BCUT2D eigenvalue weighted by molar-refractivity contribution is -0.120. The molecule has 0 radical (unpaired) electrons. The van der Waals surface area contributed by atoms with Gasteiger partial charge in [0.2, 0.25) is 20.1 Å². The molecule has 146 valence electrons. The van der Waals surface area contributed by atoms with Gasteiger partial charge in [0, 0.05) is 11.6 Å². The van der Waals surface area contributed by atoms with Crippen molar-refractivity contribution in [3.05, 3.63) is 29.8 Å². The average Bonchev–Trinajstić information content (AvgIpc) is 3.18. The second-order valence-electron chi connectivity index (χ2n) is 6.92. The Balaban J connectivity index is 1.63. The minimum absolute atomic E-state index is 0.0364. The molecule has 0 aliphatic heterocycles. The second kappa shape index (κ2) is 8.35. The highest BCUT2D eigenvalue weighted by molar-refractivity contribution is 7.93. The van der Waals surface area contributed by atoms with Gasteiger partial charge in [-0.3, -0.25) is 4.79 Å². The molecule has 1 fully saturated rings. The third-order valence-electron chi connectivity index (χ3n) is 4.51. The predicted molar refractivity (Wildman–Crippen MR) is 104 cm³/mol. The number of rotatable bonds is 6. The van der Waals surface area contributed by atoms with Gasteiger partial charge in [0.15, 0.2) is 0 Å². The van der Waals surface area contributed by atoms with Gasteiger partial charge < -0.3 is 10.1 Å². The largest absolute Gasteiger partial charge is 0.491 e. The fraction of sp³-hybridized carbons (Fsp3) is 0.500. The summed E-state index contributed by atoms with van der Waals surface area (Å²) in [5.41, 5.74) is 2.08. The molecule has 1 saturated carbocycles. The van der Waals surface area contributed by atoms with E-state index in [2.05, 4.69) is 15.5 Å². The highest BCUT2D eigenvalue weighted by atomic mass is 32.2. The van der Waals surface area contributed by atoms with Crippen LogP contribution < -0.4 is 10.1 Å². The summed E-state index contributed by atoms with van der Waals surface area (Å²) in [7, 11) is -3.53. The molecule has 1 N–H and O–H groups in total. The van der Waals surface area contributed by atoms with Gasteiger partial charge in [0.1, 0.15) is 11.3 Å². The quantitative estimate of drug-likeness (QED) is 0.786. The minimum atomic E-state index is -3.53. The molecule has 1 heterocycles. The van der Waals surface area contributed by atoms with Gasteiger partial charge in [-0.1, -0.05) is 17.8 Å². The van der Waals surface area contributed by atoms with Crippen molar-refractivity contribution in [1.29, 1.82) is 0 Å². The zero-order chi connectivity index (χ0) is 19.4. The second-order valence-corrected chi connectivity index (χ2v) is 10.2. The summed E-state index contributed by atoms with van der Waals surface area (Å²) in [6.45, 7) is 3.90. The Morgan fingerprint density at radius 3 is 2.63 bits per heavy atom. The smallest absolute Gasteiger partial charge is 0.232 e. The van der Waals surface area contributed by atoms with Crippen LogP contribution in [0.5, 0.6) is 5.75 Å². The zero-order valence-corrected chi connectivity index (χ0v) is 16.9. The molecule has 0 bridgehead atoms. The number of hydrogen-bond donors (Lipinski definition) is 1. The van der Waals surface area contributed by atoms with Crippen molar-refractivity contribution in [3.8, 4) is 5.75 Å². The topological polar surface area (TPSA) is 98.2 Å². The van der Waals surface area contributed by atoms with Crippen LogP contribution >= 0.6 is 11.3 Å². The lowest BCUT2D eigenvalue weighted by Crippen LogP contribution is -2.34. The van der Waals surface area contributed by atoms with Crippen LogP contribution in [0.1, 0.15) is 39.5 Å². The van der Waals surface area contributed by atoms with Crippen LogP contribution in [0.15, 0.2) is 34.1 Å². The molecule has 2 atom stereocenters. The van der Waals surface area contributed by atoms with E-state index in [-0.39, 0.29) is 22.3 Å². The fourth-order valence-corrected chi connectivity index (χ4v) is 5.99. The Bertz CT molecular complexity index is 865. The van der Waals surface area contributed by atoms with Crippen molar-refractivity contribution in [2.75, 3.05) is 5.32 Å². The molecule has 3 rings (SSSR count). The molecule has 0 spiro atoms. The summed E-state index contributed by atoms with van der Waals surface area (Å²) in [5.74, 6) is 0.256. The Morgan fingerprint density at radius 2 is 2.00 bits per heavy atom. The number of sulfone groups is 1. The molecule has 0 unspecified atom stereocenters. The van der Waals surface area contributed by atoms with E-state index in [1.165, 1.54) is 5.51 Å². The number of carbonyl (C=O) groups is 1. The van der Waals surface area contributed by atoms with Crippen LogP contribution in [0.4, 0.5) is 5.69 Å². The van der Waals surface area contributed by atoms with Gasteiger partial charge in [-0.05, 0) is 57.4 Å². The van der Waals surface area contributed by atoms with E-state index >= 15 is 0 Å². The molecule has 1 aliphatic carbocycles. The van der Waals surface area contributed by atoms with Crippen molar-refractivity contribution >= 4 is 32.8 Å².